The van der Waals surface area contributed by atoms with Crippen molar-refractivity contribution in [1.29, 1.82) is 0 Å². The van der Waals surface area contributed by atoms with Gasteiger partial charge in [0.15, 0.2) is 0 Å². The number of aromatic carboxylic acids is 1. The molecule has 0 saturated carbocycles. The van der Waals surface area contributed by atoms with E-state index in [4.69, 9.17) is 11.6 Å². The van der Waals surface area contributed by atoms with E-state index in [1.807, 2.05) is 0 Å². The van der Waals surface area contributed by atoms with E-state index in [1.165, 1.54) is 6.07 Å². The number of hydrogen-bond donors (Lipinski definition) is 2. The second kappa shape index (κ2) is 5.07. The summed E-state index contributed by atoms with van der Waals surface area (Å²) in [6.45, 7) is 0. The van der Waals surface area contributed by atoms with Crippen LogP contribution in [-0.4, -0.2) is 19.8 Å². The fraction of sp³-hybridized carbons (Fsp3) is 0. The van der Waals surface area contributed by atoms with E-state index in [0.29, 0.717) is 21.9 Å². The van der Waals surface area contributed by atoms with Crippen molar-refractivity contribution >= 4 is 51.7 Å². The summed E-state index contributed by atoms with van der Waals surface area (Å²) in [5, 5.41) is 12.7. The van der Waals surface area contributed by atoms with E-state index in [2.05, 4.69) is 14.1 Å². The summed E-state index contributed by atoms with van der Waals surface area (Å²) >= 11 is 7.25. The van der Waals surface area contributed by atoms with E-state index >= 15 is 0 Å². The Bertz CT molecular complexity index is 803. The topological polar surface area (TPSA) is 75.1 Å². The lowest BCUT2D eigenvalue weighted by molar-refractivity contribution is 0.0698. The van der Waals surface area contributed by atoms with Crippen molar-refractivity contribution in [1.82, 2.24) is 8.75 Å². The number of rotatable bonds is 3. The van der Waals surface area contributed by atoms with Gasteiger partial charge in [0.2, 0.25) is 0 Å². The monoisotopic (exact) mass is 305 g/mol. The van der Waals surface area contributed by atoms with Crippen molar-refractivity contribution in [3.8, 4) is 0 Å². The molecule has 0 aliphatic rings. The van der Waals surface area contributed by atoms with Crippen LogP contribution in [0.2, 0.25) is 5.02 Å². The zero-order valence-corrected chi connectivity index (χ0v) is 11.6. The van der Waals surface area contributed by atoms with Crippen LogP contribution in [0.4, 0.5) is 11.4 Å². The van der Waals surface area contributed by atoms with Gasteiger partial charge in [-0.15, -0.1) is 0 Å². The first-order valence-corrected chi connectivity index (χ1v) is 6.78. The maximum atomic E-state index is 11.2. The van der Waals surface area contributed by atoms with E-state index in [-0.39, 0.29) is 5.56 Å². The molecule has 0 aliphatic heterocycles. The number of hydrogen-bond acceptors (Lipinski definition) is 5. The highest BCUT2D eigenvalue weighted by atomic mass is 35.5. The minimum Gasteiger partial charge on any atom is -0.478 e. The van der Waals surface area contributed by atoms with Gasteiger partial charge < -0.3 is 10.4 Å². The van der Waals surface area contributed by atoms with Crippen LogP contribution in [0.3, 0.4) is 0 Å². The number of carbonyl (C=O) groups is 1. The Morgan fingerprint density at radius 3 is 2.80 bits per heavy atom. The van der Waals surface area contributed by atoms with Gasteiger partial charge in [0, 0.05) is 0 Å². The van der Waals surface area contributed by atoms with Gasteiger partial charge in [-0.3, -0.25) is 0 Å². The van der Waals surface area contributed by atoms with Crippen LogP contribution in [0.1, 0.15) is 10.4 Å². The summed E-state index contributed by atoms with van der Waals surface area (Å²) in [5.41, 5.74) is 2.54. The summed E-state index contributed by atoms with van der Waals surface area (Å²) in [7, 11) is 0. The van der Waals surface area contributed by atoms with Gasteiger partial charge in [0.25, 0.3) is 0 Å². The Balaban J connectivity index is 2.12. The quantitative estimate of drug-likeness (QED) is 0.770. The molecule has 3 rings (SSSR count). The molecular weight excluding hydrogens is 298 g/mol. The van der Waals surface area contributed by atoms with Crippen molar-refractivity contribution in [2.45, 2.75) is 0 Å². The SMILES string of the molecule is O=C(O)c1ccccc1Nc1c(Cl)ccc2nsnc12. The van der Waals surface area contributed by atoms with Crippen LogP contribution in [0, 0.1) is 0 Å². The predicted molar refractivity (Wildman–Crippen MR) is 79.1 cm³/mol. The Kier molecular flexibility index (Phi) is 3.25. The fourth-order valence-corrected chi connectivity index (χ4v) is 2.60. The molecule has 2 aromatic carbocycles. The molecule has 3 aromatic rings. The van der Waals surface area contributed by atoms with E-state index in [1.54, 1.807) is 30.3 Å². The average molecular weight is 306 g/mol. The molecule has 0 radical (unpaired) electrons. The Labute approximate surface area is 123 Å². The third kappa shape index (κ3) is 2.19. The molecule has 0 atom stereocenters. The first-order chi connectivity index (χ1) is 9.66. The van der Waals surface area contributed by atoms with Crippen LogP contribution < -0.4 is 5.32 Å². The normalized spacial score (nSPS) is 10.7. The molecule has 0 unspecified atom stereocenters. The fourth-order valence-electron chi connectivity index (χ4n) is 1.86. The first kappa shape index (κ1) is 12.8. The highest BCUT2D eigenvalue weighted by Crippen LogP contribution is 2.33. The third-order valence-electron chi connectivity index (χ3n) is 2.79. The minimum absolute atomic E-state index is 0.170. The number of nitrogens with zero attached hydrogens (tertiary/aromatic N) is 2. The van der Waals surface area contributed by atoms with Crippen molar-refractivity contribution in [2.75, 3.05) is 5.32 Å². The van der Waals surface area contributed by atoms with Crippen molar-refractivity contribution in [2.24, 2.45) is 0 Å². The zero-order chi connectivity index (χ0) is 14.1. The Hall–Kier alpha value is -2.18. The third-order valence-corrected chi connectivity index (χ3v) is 3.65. The number of anilines is 2. The summed E-state index contributed by atoms with van der Waals surface area (Å²) in [5.74, 6) is -1.01. The Morgan fingerprint density at radius 2 is 2.00 bits per heavy atom. The van der Waals surface area contributed by atoms with Crippen LogP contribution in [0.25, 0.3) is 11.0 Å². The standard InChI is InChI=1S/C13H8ClN3O2S/c14-8-5-6-10-12(17-20-16-10)11(8)15-9-4-2-1-3-7(9)13(18)19/h1-6,15H,(H,18,19). The molecule has 5 nitrogen and oxygen atoms in total. The molecule has 0 amide bonds. The molecule has 0 aliphatic carbocycles. The Morgan fingerprint density at radius 1 is 1.20 bits per heavy atom. The molecule has 0 fully saturated rings. The molecule has 20 heavy (non-hydrogen) atoms. The van der Waals surface area contributed by atoms with E-state index < -0.39 is 5.97 Å². The molecule has 100 valence electrons. The minimum atomic E-state index is -1.01. The van der Waals surface area contributed by atoms with Crippen LogP contribution in [-0.2, 0) is 0 Å². The maximum absolute atomic E-state index is 11.2. The molecule has 0 spiro atoms. The highest BCUT2D eigenvalue weighted by Gasteiger charge is 2.14. The average Bonchev–Trinajstić information content (AvgIpc) is 2.91. The molecule has 0 saturated heterocycles. The van der Waals surface area contributed by atoms with E-state index in [9.17, 15) is 9.90 Å². The number of nitrogens with one attached hydrogen (secondary N) is 1. The maximum Gasteiger partial charge on any atom is 0.337 e. The molecule has 1 heterocycles. The molecule has 0 bridgehead atoms. The van der Waals surface area contributed by atoms with Crippen LogP contribution in [0.15, 0.2) is 36.4 Å². The molecule has 1 aromatic heterocycles. The van der Waals surface area contributed by atoms with Gasteiger partial charge >= 0.3 is 5.97 Å². The highest BCUT2D eigenvalue weighted by molar-refractivity contribution is 7.00. The number of carboxylic acids is 1. The molecule has 2 N–H and O–H groups in total. The number of carboxylic acid groups (broad SMARTS) is 1. The molecular formula is C13H8ClN3O2S. The van der Waals surface area contributed by atoms with Gasteiger partial charge in [-0.25, -0.2) is 4.79 Å². The number of halogens is 1. The lowest BCUT2D eigenvalue weighted by Gasteiger charge is -2.11. The first-order valence-electron chi connectivity index (χ1n) is 5.67. The lowest BCUT2D eigenvalue weighted by Crippen LogP contribution is -2.03. The van der Waals surface area contributed by atoms with Gasteiger partial charge in [0.05, 0.1) is 33.7 Å². The van der Waals surface area contributed by atoms with Crippen LogP contribution >= 0.6 is 23.3 Å². The van der Waals surface area contributed by atoms with Crippen molar-refractivity contribution < 1.29 is 9.90 Å². The zero-order valence-electron chi connectivity index (χ0n) is 10.0. The smallest absolute Gasteiger partial charge is 0.337 e. The van der Waals surface area contributed by atoms with Gasteiger partial charge in [-0.1, -0.05) is 23.7 Å². The molecule has 7 heteroatoms. The summed E-state index contributed by atoms with van der Waals surface area (Å²) in [6.07, 6.45) is 0. The number of para-hydroxylation sites is 1. The van der Waals surface area contributed by atoms with Crippen LogP contribution in [0.5, 0.6) is 0 Å². The van der Waals surface area contributed by atoms with Crippen molar-refractivity contribution in [3.05, 3.63) is 47.0 Å². The van der Waals surface area contributed by atoms with Gasteiger partial charge in [-0.2, -0.15) is 8.75 Å². The second-order valence-electron chi connectivity index (χ2n) is 4.03. The summed E-state index contributed by atoms with van der Waals surface area (Å²) in [4.78, 5) is 11.2. The van der Waals surface area contributed by atoms with Crippen molar-refractivity contribution in [3.63, 3.8) is 0 Å². The summed E-state index contributed by atoms with van der Waals surface area (Å²) in [6, 6.07) is 10.1. The largest absolute Gasteiger partial charge is 0.478 e. The second-order valence-corrected chi connectivity index (χ2v) is 4.97. The van der Waals surface area contributed by atoms with E-state index in [0.717, 1.165) is 17.2 Å². The number of aromatic nitrogens is 2. The number of fused-ring (bicyclic) bond motifs is 1. The lowest BCUT2D eigenvalue weighted by atomic mass is 10.1. The number of benzene rings is 2. The predicted octanol–water partition coefficient (Wildman–Crippen LogP) is 3.79. The summed E-state index contributed by atoms with van der Waals surface area (Å²) < 4.78 is 8.32. The van der Waals surface area contributed by atoms with Gasteiger partial charge in [-0.05, 0) is 24.3 Å². The van der Waals surface area contributed by atoms with Gasteiger partial charge in [0.1, 0.15) is 11.0 Å².